The van der Waals surface area contributed by atoms with Crippen LogP contribution in [-0.4, -0.2) is 48.6 Å². The van der Waals surface area contributed by atoms with Crippen LogP contribution in [0.25, 0.3) is 216 Å². The summed E-state index contributed by atoms with van der Waals surface area (Å²) >= 11 is 3.47. The molecule has 0 atom stereocenters. The second-order valence-electron chi connectivity index (χ2n) is 28.6. The molecule has 1 N–H and O–H groups in total. The normalized spacial score (nSPS) is 11.7. The number of nitrogens with zero attached hydrogens (tertiary/aromatic N) is 9. The first kappa shape index (κ1) is 66.8. The van der Waals surface area contributed by atoms with Crippen LogP contribution in [0.1, 0.15) is 0 Å². The van der Waals surface area contributed by atoms with Crippen molar-refractivity contribution in [1.29, 1.82) is 0 Å². The lowest BCUT2D eigenvalue weighted by Gasteiger charge is -2.12. The van der Waals surface area contributed by atoms with Crippen molar-refractivity contribution in [3.63, 3.8) is 0 Å². The van der Waals surface area contributed by atoms with E-state index in [9.17, 15) is 0 Å². The third-order valence-electron chi connectivity index (χ3n) is 21.9. The molecular formula is C102H63BrN10O2. The summed E-state index contributed by atoms with van der Waals surface area (Å²) in [6.07, 6.45) is 0. The monoisotopic (exact) mass is 1540 g/mol. The third kappa shape index (κ3) is 11.3. The van der Waals surface area contributed by atoms with E-state index < -0.39 is 0 Å². The molecule has 0 aliphatic rings. The van der Waals surface area contributed by atoms with E-state index in [4.69, 9.17) is 33.8 Å². The fraction of sp³-hybridized carbons (Fsp3) is 0. The van der Waals surface area contributed by atoms with Crippen LogP contribution >= 0.6 is 15.9 Å². The minimum absolute atomic E-state index is 0.622. The van der Waals surface area contributed by atoms with Crippen molar-refractivity contribution in [1.82, 2.24) is 48.6 Å². The van der Waals surface area contributed by atoms with Crippen LogP contribution in [0, 0.1) is 0 Å². The van der Waals surface area contributed by atoms with Gasteiger partial charge in [-0.3, -0.25) is 0 Å². The van der Waals surface area contributed by atoms with Crippen LogP contribution in [0.4, 0.5) is 0 Å². The second kappa shape index (κ2) is 27.7. The number of benzene rings is 16. The first-order valence-electron chi connectivity index (χ1n) is 38.3. The maximum absolute atomic E-state index is 6.93. The summed E-state index contributed by atoms with van der Waals surface area (Å²) in [5.41, 5.74) is 21.6. The van der Waals surface area contributed by atoms with E-state index in [1.54, 1.807) is 0 Å². The molecule has 24 aromatic rings. The number of aromatic nitrogens is 10. The molecule has 0 spiro atoms. The van der Waals surface area contributed by atoms with Gasteiger partial charge in [-0.05, 0) is 97.1 Å². The molecule has 16 aromatic carbocycles. The van der Waals surface area contributed by atoms with Crippen molar-refractivity contribution in [3.8, 4) is 85.4 Å². The Morgan fingerprint density at radius 1 is 0.226 bits per heavy atom. The summed E-state index contributed by atoms with van der Waals surface area (Å²) in [6.45, 7) is 0. The Morgan fingerprint density at radius 3 is 0.948 bits per heavy atom. The molecule has 0 aliphatic heterocycles. The fourth-order valence-electron chi connectivity index (χ4n) is 16.8. The smallest absolute Gasteiger partial charge is 0.164 e. The van der Waals surface area contributed by atoms with E-state index in [0.717, 1.165) is 143 Å². The highest BCUT2D eigenvalue weighted by molar-refractivity contribution is 9.10. The van der Waals surface area contributed by atoms with E-state index in [0.29, 0.717) is 34.9 Å². The molecule has 0 saturated heterocycles. The molecule has 13 heteroatoms. The Labute approximate surface area is 665 Å². The number of rotatable bonds is 9. The largest absolute Gasteiger partial charge is 0.454 e. The van der Waals surface area contributed by atoms with Gasteiger partial charge in [0.2, 0.25) is 0 Å². The molecule has 0 aliphatic carbocycles. The predicted octanol–water partition coefficient (Wildman–Crippen LogP) is 26.9. The van der Waals surface area contributed by atoms with Gasteiger partial charge in [0.1, 0.15) is 11.2 Å². The minimum Gasteiger partial charge on any atom is -0.454 e. The average Bonchev–Trinajstić information content (AvgIpc) is 1.52. The van der Waals surface area contributed by atoms with E-state index in [-0.39, 0.29) is 0 Å². The number of fused-ring (bicyclic) bond motifs is 24. The second-order valence-corrected chi connectivity index (χ2v) is 29.5. The molecule has 115 heavy (non-hydrogen) atoms. The van der Waals surface area contributed by atoms with E-state index >= 15 is 0 Å². The molecule has 8 aromatic heterocycles. The minimum atomic E-state index is 0.622. The van der Waals surface area contributed by atoms with Gasteiger partial charge in [-0.2, -0.15) is 0 Å². The predicted molar refractivity (Wildman–Crippen MR) is 473 cm³/mol. The van der Waals surface area contributed by atoms with Crippen LogP contribution in [0.3, 0.4) is 0 Å². The maximum atomic E-state index is 6.93. The summed E-state index contributed by atoms with van der Waals surface area (Å²) in [5.74, 6) is 3.91. The zero-order valence-electron chi connectivity index (χ0n) is 61.5. The number of H-pyrrole nitrogens is 1. The molecule has 0 saturated carbocycles. The first-order valence-corrected chi connectivity index (χ1v) is 39.1. The topological polar surface area (TPSA) is 134 Å². The lowest BCUT2D eigenvalue weighted by Crippen LogP contribution is -2.00. The van der Waals surface area contributed by atoms with Crippen molar-refractivity contribution in [2.24, 2.45) is 0 Å². The summed E-state index contributed by atoms with van der Waals surface area (Å²) in [5, 5.41) is 14.1. The van der Waals surface area contributed by atoms with Crippen LogP contribution in [-0.2, 0) is 0 Å². The molecule has 0 fully saturated rings. The van der Waals surface area contributed by atoms with E-state index in [2.05, 4.69) is 264 Å². The van der Waals surface area contributed by atoms with Gasteiger partial charge < -0.3 is 27.5 Å². The molecule has 540 valence electrons. The summed E-state index contributed by atoms with van der Waals surface area (Å²) in [7, 11) is 0. The Kier molecular flexibility index (Phi) is 16.1. The SMILES string of the molecule is Brc1ccc(-c2nc(-c3ccccc3)nc(-c3ccccc3)n2)cc1.c1ccc(-c2nc(-c3ccccc3)nc(-c3ccc(-n4c5ccccc5c5c6c7ccccc7oc6c6c(c7ccccc7n6-c6ccccc6)c54)cc3)n2)cc1.c1ccc(-n2c3ccccc3c3c4[nH]c5ccccc5c4c4c5ccccc5oc4c32)cc1. The van der Waals surface area contributed by atoms with Crippen molar-refractivity contribution in [2.45, 2.75) is 0 Å². The Morgan fingerprint density at radius 2 is 0.522 bits per heavy atom. The molecule has 0 bridgehead atoms. The van der Waals surface area contributed by atoms with Gasteiger partial charge in [0.25, 0.3) is 0 Å². The molecule has 24 rings (SSSR count). The third-order valence-corrected chi connectivity index (χ3v) is 22.4. The van der Waals surface area contributed by atoms with Gasteiger partial charge in [0.15, 0.2) is 46.1 Å². The Balaban J connectivity index is 0.000000117. The van der Waals surface area contributed by atoms with Gasteiger partial charge in [0, 0.05) is 125 Å². The number of hydrogen-bond acceptors (Lipinski definition) is 8. The van der Waals surface area contributed by atoms with Gasteiger partial charge in [-0.25, -0.2) is 29.9 Å². The highest BCUT2D eigenvalue weighted by Gasteiger charge is 2.30. The van der Waals surface area contributed by atoms with E-state index in [1.165, 1.54) is 43.2 Å². The van der Waals surface area contributed by atoms with Crippen LogP contribution in [0.15, 0.2) is 389 Å². The van der Waals surface area contributed by atoms with Gasteiger partial charge in [-0.1, -0.05) is 295 Å². The maximum Gasteiger partial charge on any atom is 0.164 e. The molecule has 0 amide bonds. The van der Waals surface area contributed by atoms with Crippen molar-refractivity contribution in [2.75, 3.05) is 0 Å². The molecule has 0 unspecified atom stereocenters. The van der Waals surface area contributed by atoms with E-state index in [1.807, 2.05) is 152 Å². The number of halogens is 1. The summed E-state index contributed by atoms with van der Waals surface area (Å²) in [4.78, 5) is 32.8. The summed E-state index contributed by atoms with van der Waals surface area (Å²) in [6, 6.07) is 129. The Hall–Kier alpha value is -15.2. The number of para-hydroxylation sites is 8. The number of furan rings is 2. The van der Waals surface area contributed by atoms with Gasteiger partial charge >= 0.3 is 0 Å². The quantitative estimate of drug-likeness (QED) is 0.151. The standard InChI is InChI=1S/C51H31N5O.C30H18N2O.C21H14BrN3/c1-4-16-32(17-5-1)49-52-50(33-18-6-2-7-19-33)54-51(53-49)34-28-30-36(31-29-34)55-40-25-13-10-22-37(40)43-44-39-24-12-15-27-42(39)57-48(44)47-45(46(43)55)38-23-11-14-26-41(38)56(47)35-20-8-3-9-21-35;1-2-10-18(11-3-1)32-23-16-8-5-13-20(23)27-28-25(19-12-4-7-15-22(19)31-28)26-21-14-6-9-17-24(21)33-30(26)29(27)32;22-18-13-11-17(12-14-18)21-24-19(15-7-3-1-4-8-15)23-20(25-21)16-9-5-2-6-10-16/h1-31H;1-17,31H;1-14H. The molecule has 0 radical (unpaired) electrons. The Bertz CT molecular complexity index is 7760. The first-order chi connectivity index (χ1) is 57.0. The highest BCUT2D eigenvalue weighted by Crippen LogP contribution is 2.51. The van der Waals surface area contributed by atoms with Crippen molar-refractivity contribution >= 4 is 147 Å². The van der Waals surface area contributed by atoms with Gasteiger partial charge in [0.05, 0.1) is 38.6 Å². The fourth-order valence-corrected chi connectivity index (χ4v) is 17.1. The van der Waals surface area contributed by atoms with Crippen LogP contribution in [0.2, 0.25) is 0 Å². The van der Waals surface area contributed by atoms with Gasteiger partial charge in [-0.15, -0.1) is 0 Å². The zero-order chi connectivity index (χ0) is 76.0. The zero-order valence-corrected chi connectivity index (χ0v) is 63.1. The molecule has 12 nitrogen and oxygen atoms in total. The number of hydrogen-bond donors (Lipinski definition) is 1. The number of nitrogens with one attached hydrogen (secondary N) is 1. The lowest BCUT2D eigenvalue weighted by atomic mass is 10.0. The molecular weight excluding hydrogens is 1480 g/mol. The van der Waals surface area contributed by atoms with Crippen molar-refractivity contribution < 1.29 is 8.83 Å². The number of aromatic amines is 1. The summed E-state index contributed by atoms with van der Waals surface area (Å²) < 4.78 is 21.7. The van der Waals surface area contributed by atoms with Crippen molar-refractivity contribution in [3.05, 3.63) is 381 Å². The highest BCUT2D eigenvalue weighted by atomic mass is 79.9. The molecule has 8 heterocycles. The van der Waals surface area contributed by atoms with Crippen LogP contribution in [0.5, 0.6) is 0 Å². The average molecular weight is 1540 g/mol. The van der Waals surface area contributed by atoms with Crippen LogP contribution < -0.4 is 0 Å². The lowest BCUT2D eigenvalue weighted by molar-refractivity contribution is 0.671.